The summed E-state index contributed by atoms with van der Waals surface area (Å²) in [5.41, 5.74) is 4.09. The summed E-state index contributed by atoms with van der Waals surface area (Å²) in [5.74, 6) is 2.70. The van der Waals surface area contributed by atoms with Gasteiger partial charge in [0.15, 0.2) is 0 Å². The lowest BCUT2D eigenvalue weighted by molar-refractivity contribution is 0.316. The minimum Gasteiger partial charge on any atom is -0.384 e. The van der Waals surface area contributed by atoms with Crippen LogP contribution in [0.5, 0.6) is 0 Å². The highest BCUT2D eigenvalue weighted by atomic mass is 15.1. The largest absolute Gasteiger partial charge is 0.384 e. The van der Waals surface area contributed by atoms with Crippen LogP contribution >= 0.6 is 0 Å². The number of fused-ring (bicyclic) bond motifs is 1. The van der Waals surface area contributed by atoms with Gasteiger partial charge in [0.05, 0.1) is 6.54 Å². The summed E-state index contributed by atoms with van der Waals surface area (Å²) in [7, 11) is 0. The topological polar surface area (TPSA) is 15.3 Å². The first-order valence-corrected chi connectivity index (χ1v) is 5.85. The van der Waals surface area contributed by atoms with Gasteiger partial charge in [0, 0.05) is 18.8 Å². The Hall–Kier alpha value is -1.46. The van der Waals surface area contributed by atoms with E-state index < -0.39 is 0 Å². The first-order valence-electron chi connectivity index (χ1n) is 5.85. The fraction of sp³-hybridized carbons (Fsp3) is 0.429. The second-order valence-corrected chi connectivity index (χ2v) is 4.18. The van der Waals surface area contributed by atoms with E-state index in [2.05, 4.69) is 41.3 Å². The van der Waals surface area contributed by atoms with E-state index in [4.69, 9.17) is 6.42 Å². The molecule has 2 heteroatoms. The average molecular weight is 214 g/mol. The molecule has 0 amide bonds. The van der Waals surface area contributed by atoms with Gasteiger partial charge < -0.3 is 5.32 Å². The van der Waals surface area contributed by atoms with Crippen LogP contribution in [0.1, 0.15) is 18.1 Å². The molecule has 0 spiro atoms. The number of anilines is 1. The first-order chi connectivity index (χ1) is 7.83. The van der Waals surface area contributed by atoms with Crippen LogP contribution in [-0.2, 0) is 13.0 Å². The summed E-state index contributed by atoms with van der Waals surface area (Å²) < 4.78 is 0. The second-order valence-electron chi connectivity index (χ2n) is 4.18. The molecule has 1 aliphatic rings. The lowest BCUT2D eigenvalue weighted by Crippen LogP contribution is -2.23. The van der Waals surface area contributed by atoms with Gasteiger partial charge in [-0.15, -0.1) is 6.42 Å². The molecule has 0 atom stereocenters. The molecule has 0 aromatic heterocycles. The summed E-state index contributed by atoms with van der Waals surface area (Å²) in [6.07, 6.45) is 6.49. The molecule has 2 nitrogen and oxygen atoms in total. The van der Waals surface area contributed by atoms with Crippen molar-refractivity contribution in [2.45, 2.75) is 19.9 Å². The van der Waals surface area contributed by atoms with Crippen molar-refractivity contribution in [1.82, 2.24) is 4.90 Å². The van der Waals surface area contributed by atoms with E-state index in [1.165, 1.54) is 16.8 Å². The number of nitrogens with one attached hydrogen (secondary N) is 1. The molecule has 0 saturated heterocycles. The summed E-state index contributed by atoms with van der Waals surface area (Å²) in [6.45, 7) is 5.90. The summed E-state index contributed by atoms with van der Waals surface area (Å²) in [6, 6.07) is 6.67. The number of rotatable bonds is 4. The van der Waals surface area contributed by atoms with Crippen LogP contribution in [0, 0.1) is 12.3 Å². The van der Waals surface area contributed by atoms with Crippen molar-refractivity contribution in [2.24, 2.45) is 0 Å². The molecule has 2 rings (SSSR count). The maximum atomic E-state index is 5.35. The van der Waals surface area contributed by atoms with Crippen LogP contribution < -0.4 is 5.32 Å². The van der Waals surface area contributed by atoms with Crippen molar-refractivity contribution < 1.29 is 0 Å². The Labute approximate surface area is 97.7 Å². The fourth-order valence-electron chi connectivity index (χ4n) is 2.12. The Bertz CT molecular complexity index is 404. The minimum absolute atomic E-state index is 0.728. The van der Waals surface area contributed by atoms with E-state index in [1.807, 2.05) is 0 Å². The maximum absolute atomic E-state index is 5.35. The number of terminal acetylenes is 1. The van der Waals surface area contributed by atoms with Crippen LogP contribution in [0.15, 0.2) is 18.2 Å². The quantitative estimate of drug-likeness (QED) is 0.772. The van der Waals surface area contributed by atoms with E-state index in [0.717, 1.165) is 32.6 Å². The second kappa shape index (κ2) is 5.05. The Balaban J connectivity index is 2.07. The van der Waals surface area contributed by atoms with Crippen molar-refractivity contribution in [1.29, 1.82) is 0 Å². The molecular weight excluding hydrogens is 196 g/mol. The van der Waals surface area contributed by atoms with Gasteiger partial charge in [-0.1, -0.05) is 25.0 Å². The zero-order valence-corrected chi connectivity index (χ0v) is 9.79. The number of hydrogen-bond donors (Lipinski definition) is 1. The Morgan fingerprint density at radius 1 is 1.50 bits per heavy atom. The van der Waals surface area contributed by atoms with Gasteiger partial charge in [-0.05, 0) is 30.2 Å². The monoisotopic (exact) mass is 214 g/mol. The standard InChI is InChI=1S/C14H18N2/c1-3-9-16(4-2)11-12-5-6-14-13(10-12)7-8-15-14/h1,5-6,10,15H,4,7-9,11H2,2H3. The van der Waals surface area contributed by atoms with E-state index in [1.54, 1.807) is 0 Å². The van der Waals surface area contributed by atoms with Gasteiger partial charge in [-0.2, -0.15) is 0 Å². The van der Waals surface area contributed by atoms with E-state index in [-0.39, 0.29) is 0 Å². The van der Waals surface area contributed by atoms with Gasteiger partial charge in [-0.3, -0.25) is 4.90 Å². The van der Waals surface area contributed by atoms with Crippen molar-refractivity contribution in [2.75, 3.05) is 25.0 Å². The summed E-state index contributed by atoms with van der Waals surface area (Å²) in [5, 5.41) is 3.37. The Morgan fingerprint density at radius 3 is 3.12 bits per heavy atom. The van der Waals surface area contributed by atoms with Crippen LogP contribution in [0.3, 0.4) is 0 Å². The Kier molecular flexibility index (Phi) is 3.48. The molecule has 0 saturated carbocycles. The van der Waals surface area contributed by atoms with Gasteiger partial charge >= 0.3 is 0 Å². The molecule has 0 radical (unpaired) electrons. The smallest absolute Gasteiger partial charge is 0.0601 e. The highest BCUT2D eigenvalue weighted by Crippen LogP contribution is 2.23. The highest BCUT2D eigenvalue weighted by molar-refractivity contribution is 5.56. The third-order valence-electron chi connectivity index (χ3n) is 3.05. The fourth-order valence-corrected chi connectivity index (χ4v) is 2.12. The molecule has 0 aliphatic carbocycles. The molecule has 1 N–H and O–H groups in total. The highest BCUT2D eigenvalue weighted by Gasteiger charge is 2.10. The third kappa shape index (κ3) is 2.37. The number of benzene rings is 1. The van der Waals surface area contributed by atoms with E-state index in [0.29, 0.717) is 0 Å². The number of nitrogens with zero attached hydrogens (tertiary/aromatic N) is 1. The van der Waals surface area contributed by atoms with Crippen LogP contribution in [0.2, 0.25) is 0 Å². The molecule has 1 heterocycles. The zero-order valence-electron chi connectivity index (χ0n) is 9.79. The van der Waals surface area contributed by atoms with Crippen molar-refractivity contribution in [3.05, 3.63) is 29.3 Å². The molecule has 0 unspecified atom stereocenters. The van der Waals surface area contributed by atoms with E-state index in [9.17, 15) is 0 Å². The van der Waals surface area contributed by atoms with Crippen molar-refractivity contribution >= 4 is 5.69 Å². The predicted octanol–water partition coefficient (Wildman–Crippen LogP) is 2.11. The summed E-state index contributed by atoms with van der Waals surface area (Å²) in [4.78, 5) is 2.27. The molecule has 1 aromatic rings. The van der Waals surface area contributed by atoms with Crippen LogP contribution in [0.25, 0.3) is 0 Å². The molecule has 1 aromatic carbocycles. The average Bonchev–Trinajstić information content (AvgIpc) is 2.75. The molecule has 16 heavy (non-hydrogen) atoms. The lowest BCUT2D eigenvalue weighted by atomic mass is 10.1. The minimum atomic E-state index is 0.728. The zero-order chi connectivity index (χ0) is 11.4. The molecule has 1 aliphatic heterocycles. The lowest BCUT2D eigenvalue weighted by Gasteiger charge is -2.17. The molecule has 84 valence electrons. The molecule has 0 fully saturated rings. The predicted molar refractivity (Wildman–Crippen MR) is 68.4 cm³/mol. The SMILES string of the molecule is C#CCN(CC)Cc1ccc2c(c1)CCN2. The van der Waals surface area contributed by atoms with Gasteiger partial charge in [0.2, 0.25) is 0 Å². The number of hydrogen-bond acceptors (Lipinski definition) is 2. The van der Waals surface area contributed by atoms with Crippen molar-refractivity contribution in [3.63, 3.8) is 0 Å². The first kappa shape index (κ1) is 11.0. The van der Waals surface area contributed by atoms with Gasteiger partial charge in [-0.25, -0.2) is 0 Å². The summed E-state index contributed by atoms with van der Waals surface area (Å²) >= 11 is 0. The molecule has 0 bridgehead atoms. The maximum Gasteiger partial charge on any atom is 0.0601 e. The van der Waals surface area contributed by atoms with Gasteiger partial charge in [0.25, 0.3) is 0 Å². The van der Waals surface area contributed by atoms with Gasteiger partial charge in [0.1, 0.15) is 0 Å². The van der Waals surface area contributed by atoms with Crippen molar-refractivity contribution in [3.8, 4) is 12.3 Å². The third-order valence-corrected chi connectivity index (χ3v) is 3.05. The normalized spacial score (nSPS) is 13.3. The van der Waals surface area contributed by atoms with E-state index >= 15 is 0 Å². The van der Waals surface area contributed by atoms with Crippen LogP contribution in [-0.4, -0.2) is 24.5 Å². The molecular formula is C14H18N2. The van der Waals surface area contributed by atoms with Crippen LogP contribution in [0.4, 0.5) is 5.69 Å². The Morgan fingerprint density at radius 2 is 2.38 bits per heavy atom.